The van der Waals surface area contributed by atoms with Crippen LogP contribution in [0.5, 0.6) is 11.5 Å². The number of allylic oxidation sites excluding steroid dienone is 1. The molecule has 0 saturated heterocycles. The van der Waals surface area contributed by atoms with Crippen LogP contribution in [0.15, 0.2) is 72.8 Å². The Morgan fingerprint density at radius 3 is 2.41 bits per heavy atom. The fourth-order valence-electron chi connectivity index (χ4n) is 2.60. The van der Waals surface area contributed by atoms with Crippen LogP contribution in [0.2, 0.25) is 5.02 Å². The lowest BCUT2D eigenvalue weighted by molar-refractivity contribution is 0.284. The van der Waals surface area contributed by atoms with E-state index in [1.54, 1.807) is 19.2 Å². The molecule has 0 saturated carbocycles. The number of hydrogen-bond acceptors (Lipinski definition) is 3. The summed E-state index contributed by atoms with van der Waals surface area (Å²) in [5, 5.41) is 10.1. The summed E-state index contributed by atoms with van der Waals surface area (Å²) in [5.74, 6) is 1.27. The highest BCUT2D eigenvalue weighted by molar-refractivity contribution is 6.30. The van der Waals surface area contributed by atoms with Gasteiger partial charge in [0, 0.05) is 5.02 Å². The fraction of sp³-hybridized carbons (Fsp3) is 0.0870. The molecule has 0 radical (unpaired) electrons. The molecule has 0 atom stereocenters. The number of ether oxygens (including phenoxy) is 2. The highest BCUT2D eigenvalue weighted by Crippen LogP contribution is 2.30. The first kappa shape index (κ1) is 18.6. The minimum Gasteiger partial charge on any atom is -0.493 e. The maximum Gasteiger partial charge on any atom is 0.161 e. The van der Waals surface area contributed by atoms with Crippen LogP contribution in [-0.2, 0) is 6.61 Å². The number of methoxy groups -OCH3 is 1. The second kappa shape index (κ2) is 8.93. The Morgan fingerprint density at radius 2 is 1.74 bits per heavy atom. The first-order valence-corrected chi connectivity index (χ1v) is 8.80. The average molecular weight is 376 g/mol. The predicted molar refractivity (Wildman–Crippen MR) is 109 cm³/mol. The largest absolute Gasteiger partial charge is 0.493 e. The van der Waals surface area contributed by atoms with Crippen LogP contribution in [-0.4, -0.2) is 7.11 Å². The summed E-state index contributed by atoms with van der Waals surface area (Å²) in [7, 11) is 1.60. The third kappa shape index (κ3) is 4.91. The van der Waals surface area contributed by atoms with Crippen molar-refractivity contribution in [1.29, 1.82) is 5.26 Å². The van der Waals surface area contributed by atoms with E-state index in [9.17, 15) is 5.26 Å². The van der Waals surface area contributed by atoms with Gasteiger partial charge in [-0.05, 0) is 47.0 Å². The van der Waals surface area contributed by atoms with E-state index in [1.165, 1.54) is 0 Å². The van der Waals surface area contributed by atoms with Gasteiger partial charge in [0.2, 0.25) is 0 Å². The Balaban J connectivity index is 1.82. The van der Waals surface area contributed by atoms with Crippen molar-refractivity contribution in [3.05, 3.63) is 94.5 Å². The molecule has 0 N–H and O–H groups in total. The van der Waals surface area contributed by atoms with Gasteiger partial charge in [0.25, 0.3) is 0 Å². The van der Waals surface area contributed by atoms with Crippen molar-refractivity contribution in [3.63, 3.8) is 0 Å². The second-order valence-corrected chi connectivity index (χ2v) is 6.30. The van der Waals surface area contributed by atoms with E-state index < -0.39 is 0 Å². The Kier molecular flexibility index (Phi) is 6.14. The van der Waals surface area contributed by atoms with E-state index in [-0.39, 0.29) is 0 Å². The van der Waals surface area contributed by atoms with Crippen LogP contribution < -0.4 is 9.47 Å². The third-order valence-corrected chi connectivity index (χ3v) is 4.26. The molecule has 0 heterocycles. The zero-order valence-corrected chi connectivity index (χ0v) is 15.6. The number of rotatable bonds is 6. The van der Waals surface area contributed by atoms with E-state index in [4.69, 9.17) is 21.1 Å². The van der Waals surface area contributed by atoms with Crippen molar-refractivity contribution >= 4 is 23.3 Å². The highest BCUT2D eigenvalue weighted by atomic mass is 35.5. The smallest absolute Gasteiger partial charge is 0.161 e. The van der Waals surface area contributed by atoms with Crippen LogP contribution in [0.1, 0.15) is 16.7 Å². The van der Waals surface area contributed by atoms with E-state index in [0.717, 1.165) is 16.7 Å². The minimum atomic E-state index is 0.459. The van der Waals surface area contributed by atoms with E-state index >= 15 is 0 Å². The molecular weight excluding hydrogens is 358 g/mol. The SMILES string of the molecule is COc1cc(/C=C(\C#N)c2ccc(Cl)cc2)ccc1OCc1ccccc1. The monoisotopic (exact) mass is 375 g/mol. The Morgan fingerprint density at radius 1 is 1.00 bits per heavy atom. The summed E-state index contributed by atoms with van der Waals surface area (Å²) in [5.41, 5.74) is 3.29. The molecule has 134 valence electrons. The molecule has 4 heteroatoms. The normalized spacial score (nSPS) is 10.9. The van der Waals surface area contributed by atoms with Crippen molar-refractivity contribution in [2.75, 3.05) is 7.11 Å². The average Bonchev–Trinajstić information content (AvgIpc) is 2.72. The van der Waals surface area contributed by atoms with Crippen molar-refractivity contribution in [1.82, 2.24) is 0 Å². The summed E-state index contributed by atoms with van der Waals surface area (Å²) in [6, 6.07) is 25.0. The maximum atomic E-state index is 9.49. The van der Waals surface area contributed by atoms with Crippen LogP contribution in [0, 0.1) is 11.3 Å². The first-order chi connectivity index (χ1) is 13.2. The minimum absolute atomic E-state index is 0.459. The van der Waals surface area contributed by atoms with Crippen molar-refractivity contribution in [3.8, 4) is 17.6 Å². The van der Waals surface area contributed by atoms with Crippen LogP contribution in [0.25, 0.3) is 11.6 Å². The molecule has 3 rings (SSSR count). The molecule has 0 fully saturated rings. The Bertz CT molecular complexity index is 974. The number of benzene rings is 3. The molecule has 0 amide bonds. The van der Waals surface area contributed by atoms with Gasteiger partial charge in [0.05, 0.1) is 18.8 Å². The van der Waals surface area contributed by atoms with Gasteiger partial charge in [-0.15, -0.1) is 0 Å². The number of hydrogen-bond donors (Lipinski definition) is 0. The van der Waals surface area contributed by atoms with Gasteiger partial charge in [0.1, 0.15) is 6.61 Å². The lowest BCUT2D eigenvalue weighted by atomic mass is 10.0. The van der Waals surface area contributed by atoms with E-state index in [0.29, 0.717) is 28.7 Å². The molecule has 0 aliphatic heterocycles. The summed E-state index contributed by atoms with van der Waals surface area (Å²) >= 11 is 5.92. The van der Waals surface area contributed by atoms with Crippen molar-refractivity contribution in [2.45, 2.75) is 6.61 Å². The Hall–Kier alpha value is -3.22. The zero-order valence-electron chi connectivity index (χ0n) is 14.9. The quantitative estimate of drug-likeness (QED) is 0.392. The molecule has 0 bridgehead atoms. The van der Waals surface area contributed by atoms with Gasteiger partial charge in [-0.25, -0.2) is 0 Å². The van der Waals surface area contributed by atoms with Gasteiger partial charge in [-0.2, -0.15) is 5.26 Å². The van der Waals surface area contributed by atoms with E-state index in [1.807, 2.05) is 66.7 Å². The summed E-state index contributed by atoms with van der Waals surface area (Å²) in [4.78, 5) is 0. The molecule has 3 aromatic carbocycles. The molecule has 27 heavy (non-hydrogen) atoms. The molecule has 3 nitrogen and oxygen atoms in total. The molecule has 3 aromatic rings. The van der Waals surface area contributed by atoms with E-state index in [2.05, 4.69) is 6.07 Å². The lowest BCUT2D eigenvalue weighted by Gasteiger charge is -2.11. The number of halogens is 1. The summed E-state index contributed by atoms with van der Waals surface area (Å²) in [6.07, 6.45) is 1.81. The first-order valence-electron chi connectivity index (χ1n) is 8.42. The molecule has 0 unspecified atom stereocenters. The van der Waals surface area contributed by atoms with Gasteiger partial charge >= 0.3 is 0 Å². The van der Waals surface area contributed by atoms with Gasteiger partial charge in [-0.3, -0.25) is 0 Å². The molecule has 0 aliphatic carbocycles. The molecule has 0 aliphatic rings. The summed E-state index contributed by atoms with van der Waals surface area (Å²) < 4.78 is 11.3. The highest BCUT2D eigenvalue weighted by Gasteiger charge is 2.07. The standard InChI is InChI=1S/C23H18ClNO2/c1-26-23-14-18(13-20(15-25)19-8-10-21(24)11-9-19)7-12-22(23)27-16-17-5-3-2-4-6-17/h2-14H,16H2,1H3/b20-13+. The van der Waals surface area contributed by atoms with Gasteiger partial charge in [-0.1, -0.05) is 60.1 Å². The van der Waals surface area contributed by atoms with Gasteiger partial charge in [0.15, 0.2) is 11.5 Å². The van der Waals surface area contributed by atoms with Crippen LogP contribution in [0.3, 0.4) is 0 Å². The van der Waals surface area contributed by atoms with Crippen LogP contribution in [0.4, 0.5) is 0 Å². The Labute approximate surface area is 164 Å². The van der Waals surface area contributed by atoms with Crippen LogP contribution >= 0.6 is 11.6 Å². The predicted octanol–water partition coefficient (Wildman–Crippen LogP) is 5.99. The summed E-state index contributed by atoms with van der Waals surface area (Å²) in [6.45, 7) is 0.459. The molecule has 0 spiro atoms. The molecule has 0 aromatic heterocycles. The lowest BCUT2D eigenvalue weighted by Crippen LogP contribution is -1.97. The van der Waals surface area contributed by atoms with Crippen molar-refractivity contribution in [2.24, 2.45) is 0 Å². The van der Waals surface area contributed by atoms with Crippen molar-refractivity contribution < 1.29 is 9.47 Å². The van der Waals surface area contributed by atoms with Gasteiger partial charge < -0.3 is 9.47 Å². The molecular formula is C23H18ClNO2. The fourth-order valence-corrected chi connectivity index (χ4v) is 2.73. The second-order valence-electron chi connectivity index (χ2n) is 5.86. The topological polar surface area (TPSA) is 42.2 Å². The maximum absolute atomic E-state index is 9.49. The zero-order chi connectivity index (χ0) is 19.1. The number of nitriles is 1. The number of nitrogens with zero attached hydrogens (tertiary/aromatic N) is 1. The third-order valence-electron chi connectivity index (χ3n) is 4.01.